The number of hydrogen-bond donors (Lipinski definition) is 2. The topological polar surface area (TPSA) is 95.7 Å². The maximum Gasteiger partial charge on any atom is 0.246 e. The maximum atomic E-state index is 13.7. The molecular formula is C27H33ClF2N4O3. The zero-order valence-corrected chi connectivity index (χ0v) is 21.6. The first-order valence-corrected chi connectivity index (χ1v) is 12.8. The molecule has 0 radical (unpaired) electrons. The quantitative estimate of drug-likeness (QED) is 0.463. The Morgan fingerprint density at radius 3 is 2.32 bits per heavy atom. The zero-order valence-electron chi connectivity index (χ0n) is 20.8. The molecule has 3 unspecified atom stereocenters. The van der Waals surface area contributed by atoms with E-state index in [1.54, 1.807) is 36.4 Å². The minimum Gasteiger partial charge on any atom is -0.352 e. The van der Waals surface area contributed by atoms with Crippen LogP contribution in [0.15, 0.2) is 48.5 Å². The molecule has 3 atom stereocenters. The second-order valence-electron chi connectivity index (χ2n) is 9.13. The highest BCUT2D eigenvalue weighted by Crippen LogP contribution is 2.22. The number of hydrogen-bond acceptors (Lipinski definition) is 4. The van der Waals surface area contributed by atoms with Crippen molar-refractivity contribution in [2.45, 2.75) is 50.7 Å². The summed E-state index contributed by atoms with van der Waals surface area (Å²) in [5.41, 5.74) is 7.72. The number of halogens is 3. The summed E-state index contributed by atoms with van der Waals surface area (Å²) in [6.45, 7) is 1.38. The van der Waals surface area contributed by atoms with Crippen molar-refractivity contribution in [3.8, 4) is 0 Å². The van der Waals surface area contributed by atoms with Crippen LogP contribution in [0.4, 0.5) is 8.78 Å². The van der Waals surface area contributed by atoms with Crippen LogP contribution in [0, 0.1) is 5.82 Å². The van der Waals surface area contributed by atoms with Crippen LogP contribution in [-0.2, 0) is 27.2 Å². The number of benzene rings is 2. The number of amides is 3. The molecule has 0 bridgehead atoms. The molecule has 1 saturated heterocycles. The molecule has 0 aliphatic carbocycles. The molecule has 3 amide bonds. The van der Waals surface area contributed by atoms with Gasteiger partial charge in [0.25, 0.3) is 0 Å². The molecule has 1 aliphatic rings. The van der Waals surface area contributed by atoms with E-state index in [1.807, 2.05) is 6.92 Å². The lowest BCUT2D eigenvalue weighted by atomic mass is 9.97. The summed E-state index contributed by atoms with van der Waals surface area (Å²) in [4.78, 5) is 43.0. The van der Waals surface area contributed by atoms with Gasteiger partial charge in [0, 0.05) is 31.1 Å². The molecule has 2 aromatic rings. The predicted molar refractivity (Wildman–Crippen MR) is 138 cm³/mol. The van der Waals surface area contributed by atoms with E-state index in [1.165, 1.54) is 21.9 Å². The summed E-state index contributed by atoms with van der Waals surface area (Å²) < 4.78 is 26.0. The molecule has 0 spiro atoms. The summed E-state index contributed by atoms with van der Waals surface area (Å²) in [7, 11) is 0. The summed E-state index contributed by atoms with van der Waals surface area (Å²) in [5, 5.41) is 3.10. The number of rotatable bonds is 11. The molecule has 3 rings (SSSR count). The standard InChI is InChI=1S/C27H33ClF2N4O3/c1-2-3-23-27(37)34(24(25(35)32-13-12-29)17-19-4-8-20(28)9-5-19)15-14-33(23)26(36)22(31)16-18-6-10-21(30)11-7-18/h4-11,22-24H,2-3,12-17,31H2,1H3,(H,32,35). The number of carbonyl (C=O) groups excluding carboxylic acids is 3. The number of carbonyl (C=O) groups is 3. The molecule has 200 valence electrons. The van der Waals surface area contributed by atoms with Crippen molar-refractivity contribution in [1.82, 2.24) is 15.1 Å². The van der Waals surface area contributed by atoms with Gasteiger partial charge in [0.05, 0.1) is 6.04 Å². The maximum absolute atomic E-state index is 13.7. The highest BCUT2D eigenvalue weighted by Gasteiger charge is 2.42. The third kappa shape index (κ3) is 7.49. The first-order chi connectivity index (χ1) is 17.7. The normalized spacial score (nSPS) is 17.4. The molecule has 37 heavy (non-hydrogen) atoms. The molecule has 10 heteroatoms. The first kappa shape index (κ1) is 28.5. The van der Waals surface area contributed by atoms with Gasteiger partial charge in [-0.15, -0.1) is 0 Å². The molecular weight excluding hydrogens is 502 g/mol. The summed E-state index contributed by atoms with van der Waals surface area (Å²) in [6, 6.07) is 10.2. The number of piperazine rings is 1. The second-order valence-corrected chi connectivity index (χ2v) is 9.57. The van der Waals surface area contributed by atoms with Crippen LogP contribution in [0.2, 0.25) is 5.02 Å². The van der Waals surface area contributed by atoms with Gasteiger partial charge >= 0.3 is 0 Å². The summed E-state index contributed by atoms with van der Waals surface area (Å²) >= 11 is 5.98. The number of nitrogens with one attached hydrogen (secondary N) is 1. The van der Waals surface area contributed by atoms with Crippen molar-refractivity contribution in [3.05, 3.63) is 70.5 Å². The lowest BCUT2D eigenvalue weighted by Gasteiger charge is -2.44. The Morgan fingerprint density at radius 2 is 1.70 bits per heavy atom. The van der Waals surface area contributed by atoms with E-state index in [2.05, 4.69) is 5.32 Å². The van der Waals surface area contributed by atoms with Crippen LogP contribution in [0.1, 0.15) is 30.9 Å². The molecule has 1 aliphatic heterocycles. The van der Waals surface area contributed by atoms with E-state index in [0.29, 0.717) is 23.4 Å². The fourth-order valence-electron chi connectivity index (χ4n) is 4.58. The Labute approximate surface area is 220 Å². The van der Waals surface area contributed by atoms with E-state index >= 15 is 0 Å². The Hall–Kier alpha value is -3.04. The van der Waals surface area contributed by atoms with Gasteiger partial charge in [0.1, 0.15) is 24.6 Å². The third-order valence-electron chi connectivity index (χ3n) is 6.47. The third-order valence-corrected chi connectivity index (χ3v) is 6.72. The highest BCUT2D eigenvalue weighted by molar-refractivity contribution is 6.30. The van der Waals surface area contributed by atoms with E-state index in [4.69, 9.17) is 17.3 Å². The molecule has 0 saturated carbocycles. The number of nitrogens with zero attached hydrogens (tertiary/aromatic N) is 2. The predicted octanol–water partition coefficient (Wildman–Crippen LogP) is 2.89. The lowest BCUT2D eigenvalue weighted by Crippen LogP contribution is -2.65. The van der Waals surface area contributed by atoms with E-state index < -0.39 is 30.7 Å². The van der Waals surface area contributed by atoms with Crippen molar-refractivity contribution < 1.29 is 23.2 Å². The van der Waals surface area contributed by atoms with Gasteiger partial charge in [0.2, 0.25) is 17.7 Å². The van der Waals surface area contributed by atoms with Gasteiger partial charge in [-0.2, -0.15) is 0 Å². The molecule has 1 fully saturated rings. The van der Waals surface area contributed by atoms with Crippen molar-refractivity contribution in [2.24, 2.45) is 5.73 Å². The molecule has 7 nitrogen and oxygen atoms in total. The fourth-order valence-corrected chi connectivity index (χ4v) is 4.71. The smallest absolute Gasteiger partial charge is 0.246 e. The lowest BCUT2D eigenvalue weighted by molar-refractivity contribution is -0.156. The Bertz CT molecular complexity index is 1070. The Balaban J connectivity index is 1.79. The Morgan fingerprint density at radius 1 is 1.08 bits per heavy atom. The Kier molecular flexibility index (Phi) is 10.4. The highest BCUT2D eigenvalue weighted by atomic mass is 35.5. The van der Waals surface area contributed by atoms with Gasteiger partial charge < -0.3 is 20.9 Å². The van der Waals surface area contributed by atoms with Gasteiger partial charge in [-0.1, -0.05) is 49.2 Å². The van der Waals surface area contributed by atoms with Gasteiger partial charge in [-0.25, -0.2) is 8.78 Å². The van der Waals surface area contributed by atoms with E-state index in [9.17, 15) is 23.2 Å². The SMILES string of the molecule is CCCC1C(=O)N(C(Cc2ccc(Cl)cc2)C(=O)NCCF)CCN1C(=O)C(N)Cc1ccc(F)cc1. The molecule has 2 aromatic carbocycles. The largest absolute Gasteiger partial charge is 0.352 e. The summed E-state index contributed by atoms with van der Waals surface area (Å²) in [6.07, 6.45) is 1.47. The van der Waals surface area contributed by atoms with Crippen LogP contribution in [0.25, 0.3) is 0 Å². The molecule has 3 N–H and O–H groups in total. The van der Waals surface area contributed by atoms with Crippen molar-refractivity contribution >= 4 is 29.3 Å². The van der Waals surface area contributed by atoms with Crippen LogP contribution in [0.3, 0.4) is 0 Å². The van der Waals surface area contributed by atoms with Crippen molar-refractivity contribution in [3.63, 3.8) is 0 Å². The number of nitrogens with two attached hydrogens (primary N) is 1. The van der Waals surface area contributed by atoms with Crippen molar-refractivity contribution in [2.75, 3.05) is 26.3 Å². The van der Waals surface area contributed by atoms with Crippen LogP contribution >= 0.6 is 11.6 Å². The van der Waals surface area contributed by atoms with Crippen LogP contribution < -0.4 is 11.1 Å². The van der Waals surface area contributed by atoms with Gasteiger partial charge in [-0.05, 0) is 48.2 Å². The van der Waals surface area contributed by atoms with Crippen LogP contribution in [0.5, 0.6) is 0 Å². The van der Waals surface area contributed by atoms with Gasteiger partial charge in [-0.3, -0.25) is 14.4 Å². The number of alkyl halides is 1. The first-order valence-electron chi connectivity index (χ1n) is 12.4. The average molecular weight is 535 g/mol. The molecule has 1 heterocycles. The van der Waals surface area contributed by atoms with E-state index in [-0.39, 0.29) is 50.1 Å². The minimum atomic E-state index is -0.901. The zero-order chi connectivity index (χ0) is 26.9. The van der Waals surface area contributed by atoms with Crippen molar-refractivity contribution in [1.29, 1.82) is 0 Å². The molecule has 0 aromatic heterocycles. The monoisotopic (exact) mass is 534 g/mol. The second kappa shape index (κ2) is 13.5. The van der Waals surface area contributed by atoms with E-state index in [0.717, 1.165) is 5.56 Å². The fraction of sp³-hybridized carbons (Fsp3) is 0.444. The summed E-state index contributed by atoms with van der Waals surface area (Å²) in [5.74, 6) is -1.54. The van der Waals surface area contributed by atoms with Crippen LogP contribution in [-0.4, -0.2) is 72.0 Å². The van der Waals surface area contributed by atoms with Gasteiger partial charge in [0.15, 0.2) is 0 Å². The minimum absolute atomic E-state index is 0.134. The average Bonchev–Trinajstić information content (AvgIpc) is 2.89.